The van der Waals surface area contributed by atoms with Gasteiger partial charge >= 0.3 is 14.5 Å². The fourth-order valence-corrected chi connectivity index (χ4v) is 6.34. The van der Waals surface area contributed by atoms with Crippen molar-refractivity contribution in [1.29, 1.82) is 0 Å². The second kappa shape index (κ2) is 10.3. The number of nitrogens with two attached hydrogens (primary N) is 1. The minimum Gasteiger partial charge on any atom is -0.369 e. The summed E-state index contributed by atoms with van der Waals surface area (Å²) in [7, 11) is -4.99. The van der Waals surface area contributed by atoms with Gasteiger partial charge in [0.15, 0.2) is 29.2 Å². The first-order valence-electron chi connectivity index (χ1n) is 11.5. The van der Waals surface area contributed by atoms with Crippen LogP contribution in [0.25, 0.3) is 22.3 Å². The minimum absolute atomic E-state index is 0.0461. The van der Waals surface area contributed by atoms with E-state index < -0.39 is 57.9 Å². The molecule has 0 aliphatic carbocycles. The number of nitrogens with zero attached hydrogens (tertiary/aromatic N) is 7. The molecular weight excluding hydrogens is 599 g/mol. The topological polar surface area (TPSA) is 237 Å². The van der Waals surface area contributed by atoms with Crippen LogP contribution >= 0.6 is 14.5 Å². The van der Waals surface area contributed by atoms with Crippen molar-refractivity contribution < 1.29 is 41.6 Å². The molecule has 5 N–H and O–H groups in total. The molecule has 4 aromatic rings. The van der Waals surface area contributed by atoms with Crippen molar-refractivity contribution in [3.8, 4) is 0 Å². The predicted octanol–water partition coefficient (Wildman–Crippen LogP) is 0.0430. The van der Waals surface area contributed by atoms with Crippen molar-refractivity contribution in [2.24, 2.45) is 0 Å². The van der Waals surface area contributed by atoms with E-state index in [0.717, 1.165) is 10.9 Å². The predicted molar refractivity (Wildman–Crippen MR) is 135 cm³/mol. The molecule has 4 aromatic heterocycles. The van der Waals surface area contributed by atoms with Crippen LogP contribution in [0.4, 0.5) is 10.3 Å². The van der Waals surface area contributed by atoms with Crippen LogP contribution in [0.15, 0.2) is 23.6 Å². The molecule has 2 aliphatic rings. The molecule has 0 spiro atoms. The Labute approximate surface area is 227 Å². The molecule has 0 amide bonds. The van der Waals surface area contributed by atoms with E-state index >= 15 is 4.39 Å². The smallest absolute Gasteiger partial charge is 0.369 e. The number of nitrogen functional groups attached to an aromatic ring is 1. The lowest BCUT2D eigenvalue weighted by Gasteiger charge is -2.23. The third-order valence-electron chi connectivity index (χ3n) is 6.06. The van der Waals surface area contributed by atoms with Crippen LogP contribution in [0.5, 0.6) is 0 Å². The van der Waals surface area contributed by atoms with E-state index in [4.69, 9.17) is 40.4 Å². The van der Waals surface area contributed by atoms with Gasteiger partial charge in [0, 0.05) is 6.54 Å². The van der Waals surface area contributed by atoms with E-state index in [2.05, 4.69) is 29.9 Å². The average molecular weight is 619 g/mol. The zero-order valence-electron chi connectivity index (χ0n) is 20.0. The number of aromatic amines is 1. The Kier molecular flexibility index (Phi) is 7.02. The molecular formula is C18H20FN9O9P2S. The highest BCUT2D eigenvalue weighted by molar-refractivity contribution is 8.07. The molecule has 6 atom stereocenters. The number of halogens is 1. The molecule has 0 saturated carbocycles. The fraction of sp³-hybridized carbons (Fsp3) is 0.444. The number of hydrogen-bond donors (Lipinski definition) is 4. The zero-order chi connectivity index (χ0) is 28.2. The van der Waals surface area contributed by atoms with Crippen LogP contribution in [0.1, 0.15) is 12.1 Å². The molecule has 6 rings (SSSR count). The van der Waals surface area contributed by atoms with Crippen molar-refractivity contribution in [2.75, 3.05) is 18.9 Å². The molecule has 2 aliphatic heterocycles. The number of phosphoric ester groups is 1. The van der Waals surface area contributed by atoms with Gasteiger partial charge in [0.05, 0.1) is 25.7 Å². The lowest BCUT2D eigenvalue weighted by atomic mass is 10.1. The number of ether oxygens (including phenoxy) is 1. The number of phosphoric acid groups is 1. The van der Waals surface area contributed by atoms with Crippen LogP contribution in [0.2, 0.25) is 0 Å². The Morgan fingerprint density at radius 2 is 2.02 bits per heavy atom. The number of alkyl halides is 1. The molecule has 0 radical (unpaired) electrons. The van der Waals surface area contributed by atoms with Gasteiger partial charge in [-0.3, -0.25) is 23.4 Å². The first kappa shape index (κ1) is 27.4. The highest BCUT2D eigenvalue weighted by Crippen LogP contribution is 2.51. The summed E-state index contributed by atoms with van der Waals surface area (Å²) in [5.74, 6) is -0.130. The van der Waals surface area contributed by atoms with E-state index in [1.54, 1.807) is 0 Å². The van der Waals surface area contributed by atoms with Crippen molar-refractivity contribution >= 4 is 54.6 Å². The molecule has 2 unspecified atom stereocenters. The van der Waals surface area contributed by atoms with Gasteiger partial charge in [0.25, 0.3) is 5.56 Å². The van der Waals surface area contributed by atoms with Crippen LogP contribution in [0, 0.1) is 0 Å². The first-order valence-corrected chi connectivity index (χ1v) is 15.5. The molecule has 18 nitrogen and oxygen atoms in total. The number of hydrogen-bond acceptors (Lipinski definition) is 14. The summed E-state index contributed by atoms with van der Waals surface area (Å²) in [6, 6.07) is 0. The minimum atomic E-state index is -4.99. The van der Waals surface area contributed by atoms with Gasteiger partial charge in [-0.1, -0.05) is 0 Å². The number of H-pyrrole nitrogens is 1. The highest BCUT2D eigenvalue weighted by Gasteiger charge is 2.51. The van der Waals surface area contributed by atoms with Gasteiger partial charge in [-0.2, -0.15) is 4.98 Å². The number of rotatable bonds is 1. The van der Waals surface area contributed by atoms with Crippen molar-refractivity contribution in [3.63, 3.8) is 0 Å². The molecule has 40 heavy (non-hydrogen) atoms. The standard InChI is InChI=1S/C18H20FN9O9P2S/c19-11-9-4-35-39(32,40)33-2-1-27-10(24-8-3-21-6-22-14(8)27)5-34-38(30,31)37-13(11)17(36-9)28-7-23-12-15(28)25-18(20)26-16(12)29/h3,6-7,9,11,13,17H,1-2,4-5H2,(H,30,31)(H,32,40)(H3,20,25,26,29)/t9-,11+,13-,17+,39?/m1/s1. The highest BCUT2D eigenvalue weighted by atomic mass is 32.5. The van der Waals surface area contributed by atoms with Gasteiger partial charge in [0.1, 0.15) is 36.5 Å². The Bertz CT molecular complexity index is 1750. The number of aromatic nitrogens is 8. The summed E-state index contributed by atoms with van der Waals surface area (Å²) in [5.41, 5.74) is 5.41. The van der Waals surface area contributed by atoms with Crippen molar-refractivity contribution in [3.05, 3.63) is 35.0 Å². The largest absolute Gasteiger partial charge is 0.473 e. The number of anilines is 1. The maximum absolute atomic E-state index is 15.7. The summed E-state index contributed by atoms with van der Waals surface area (Å²) < 4.78 is 58.3. The molecule has 1 saturated heterocycles. The number of nitrogens with one attached hydrogen (secondary N) is 1. The monoisotopic (exact) mass is 619 g/mol. The van der Waals surface area contributed by atoms with Crippen LogP contribution in [-0.2, 0) is 52.4 Å². The number of fused-ring (bicyclic) bond motifs is 6. The maximum Gasteiger partial charge on any atom is 0.473 e. The normalized spacial score (nSPS) is 32.1. The summed E-state index contributed by atoms with van der Waals surface area (Å²) in [6.45, 7) is -5.20. The second-order valence-corrected chi connectivity index (χ2v) is 12.8. The second-order valence-electron chi connectivity index (χ2n) is 8.61. The number of imidazole rings is 2. The van der Waals surface area contributed by atoms with Gasteiger partial charge in [0.2, 0.25) is 5.95 Å². The Hall–Kier alpha value is -2.77. The van der Waals surface area contributed by atoms with Crippen molar-refractivity contribution in [1.82, 2.24) is 39.0 Å². The lowest BCUT2D eigenvalue weighted by molar-refractivity contribution is -0.0490. The van der Waals surface area contributed by atoms with E-state index in [-0.39, 0.29) is 36.1 Å². The molecule has 6 heterocycles. The summed E-state index contributed by atoms with van der Waals surface area (Å²) in [6.07, 6.45) is -3.09. The van der Waals surface area contributed by atoms with E-state index in [0.29, 0.717) is 11.2 Å². The molecule has 214 valence electrons. The Morgan fingerprint density at radius 3 is 2.85 bits per heavy atom. The molecule has 2 bridgehead atoms. The van der Waals surface area contributed by atoms with Gasteiger partial charge in [-0.05, 0) is 11.8 Å². The molecule has 0 aromatic carbocycles. The third-order valence-corrected chi connectivity index (χ3v) is 8.64. The van der Waals surface area contributed by atoms with Gasteiger partial charge < -0.3 is 33.9 Å². The molecule has 22 heteroatoms. The van der Waals surface area contributed by atoms with E-state index in [1.165, 1.54) is 17.1 Å². The Balaban J connectivity index is 1.38. The lowest BCUT2D eigenvalue weighted by Crippen LogP contribution is -2.32. The quantitative estimate of drug-likeness (QED) is 0.206. The first-order chi connectivity index (χ1) is 19.0. The maximum atomic E-state index is 15.7. The van der Waals surface area contributed by atoms with Crippen LogP contribution in [0.3, 0.4) is 0 Å². The van der Waals surface area contributed by atoms with E-state index in [1.807, 2.05) is 0 Å². The zero-order valence-corrected chi connectivity index (χ0v) is 22.6. The van der Waals surface area contributed by atoms with Crippen LogP contribution in [-0.4, -0.2) is 80.4 Å². The van der Waals surface area contributed by atoms with Gasteiger partial charge in [-0.25, -0.2) is 28.9 Å². The summed E-state index contributed by atoms with van der Waals surface area (Å²) in [5, 5.41) is 0. The Morgan fingerprint density at radius 1 is 1.20 bits per heavy atom. The van der Waals surface area contributed by atoms with E-state index in [9.17, 15) is 19.1 Å². The van der Waals surface area contributed by atoms with Crippen LogP contribution < -0.4 is 11.3 Å². The fourth-order valence-electron chi connectivity index (χ4n) is 4.34. The van der Waals surface area contributed by atoms with Crippen molar-refractivity contribution in [2.45, 2.75) is 37.8 Å². The summed E-state index contributed by atoms with van der Waals surface area (Å²) >= 11 is 5.05. The third kappa shape index (κ3) is 5.18. The van der Waals surface area contributed by atoms with Gasteiger partial charge in [-0.15, -0.1) is 0 Å². The molecule has 1 fully saturated rings. The SMILES string of the molecule is Nc1nc2c(ncn2[C@H]2O[C@@H]3COP(O)(=S)OCCn4c(nc5cncnc54)COP(=O)(O)O[C@@H]2[C@H]3F)c(=O)[nH]1. The summed E-state index contributed by atoms with van der Waals surface area (Å²) in [4.78, 5) is 56.0. The average Bonchev–Trinajstić information content (AvgIpc) is 3.55.